The van der Waals surface area contributed by atoms with E-state index in [1.807, 2.05) is 0 Å². The third-order valence-electron chi connectivity index (χ3n) is 2.47. The number of aromatic nitrogens is 1. The molecule has 1 amide bonds. The number of nitrogens with zero attached hydrogens (tertiary/aromatic N) is 1. The Balaban J connectivity index is 2.22. The predicted octanol–water partition coefficient (Wildman–Crippen LogP) is 3.38. The Morgan fingerprint density at radius 1 is 1.30 bits per heavy atom. The van der Waals surface area contributed by atoms with Crippen LogP contribution in [0, 0.1) is 0 Å². The minimum Gasteiger partial charge on any atom is -0.389 e. The molecule has 1 aromatic carbocycles. The highest BCUT2D eigenvalue weighted by molar-refractivity contribution is 9.10. The van der Waals surface area contributed by atoms with Crippen LogP contribution in [0.25, 0.3) is 0 Å². The Hall–Kier alpha value is -1.50. The van der Waals surface area contributed by atoms with Gasteiger partial charge in [0.15, 0.2) is 0 Å². The third-order valence-corrected chi connectivity index (χ3v) is 3.45. The summed E-state index contributed by atoms with van der Waals surface area (Å²) in [5.74, 6) is -0.302. The Morgan fingerprint density at radius 2 is 2.05 bits per heavy atom. The molecule has 20 heavy (non-hydrogen) atoms. The first-order valence-electron chi connectivity index (χ1n) is 5.48. The van der Waals surface area contributed by atoms with Crippen LogP contribution in [-0.4, -0.2) is 15.9 Å². The van der Waals surface area contributed by atoms with E-state index in [1.54, 1.807) is 30.5 Å². The summed E-state index contributed by atoms with van der Waals surface area (Å²) in [6, 6.07) is 6.63. The maximum atomic E-state index is 12.1. The number of amides is 1. The second kappa shape index (κ2) is 6.30. The lowest BCUT2D eigenvalue weighted by molar-refractivity contribution is 0.102. The molecule has 4 nitrogen and oxygen atoms in total. The molecule has 7 heteroatoms. The summed E-state index contributed by atoms with van der Waals surface area (Å²) in [6.07, 6.45) is 3.07. The van der Waals surface area contributed by atoms with Crippen LogP contribution < -0.4 is 11.1 Å². The quantitative estimate of drug-likeness (QED) is 0.813. The van der Waals surface area contributed by atoms with Crippen molar-refractivity contribution in [3.05, 3.63) is 57.3 Å². The van der Waals surface area contributed by atoms with Crippen molar-refractivity contribution in [2.45, 2.75) is 0 Å². The summed E-state index contributed by atoms with van der Waals surface area (Å²) in [7, 11) is 0. The minimum absolute atomic E-state index is 0.251. The van der Waals surface area contributed by atoms with E-state index in [2.05, 4.69) is 26.2 Å². The molecule has 0 bridgehead atoms. The molecule has 3 N–H and O–H groups in total. The molecule has 0 radical (unpaired) electrons. The van der Waals surface area contributed by atoms with Crippen LogP contribution in [0.4, 0.5) is 5.69 Å². The molecule has 0 saturated carbocycles. The van der Waals surface area contributed by atoms with Gasteiger partial charge in [0, 0.05) is 22.4 Å². The van der Waals surface area contributed by atoms with Crippen molar-refractivity contribution in [1.29, 1.82) is 0 Å². The fourth-order valence-corrected chi connectivity index (χ4v) is 2.22. The molecular weight excluding hydrogens is 362 g/mol. The normalized spacial score (nSPS) is 10.1. The van der Waals surface area contributed by atoms with Gasteiger partial charge in [0.25, 0.3) is 5.91 Å². The molecule has 2 aromatic rings. The molecule has 0 saturated heterocycles. The fourth-order valence-electron chi connectivity index (χ4n) is 1.50. The van der Waals surface area contributed by atoms with Crippen molar-refractivity contribution in [1.82, 2.24) is 4.98 Å². The highest BCUT2D eigenvalue weighted by Crippen LogP contribution is 2.24. The Bertz CT molecular complexity index is 693. The number of anilines is 1. The van der Waals surface area contributed by atoms with Gasteiger partial charge in [-0.2, -0.15) is 0 Å². The van der Waals surface area contributed by atoms with Gasteiger partial charge >= 0.3 is 0 Å². The Labute approximate surface area is 134 Å². The van der Waals surface area contributed by atoms with Crippen LogP contribution in [0.3, 0.4) is 0 Å². The smallest absolute Gasteiger partial charge is 0.257 e. The van der Waals surface area contributed by atoms with Gasteiger partial charge < -0.3 is 11.1 Å². The van der Waals surface area contributed by atoms with Gasteiger partial charge in [-0.25, -0.2) is 0 Å². The number of pyridine rings is 1. The zero-order valence-corrected chi connectivity index (χ0v) is 13.2. The van der Waals surface area contributed by atoms with Crippen molar-refractivity contribution >= 4 is 56.3 Å². The Kier molecular flexibility index (Phi) is 4.69. The topological polar surface area (TPSA) is 68.0 Å². The van der Waals surface area contributed by atoms with Gasteiger partial charge in [-0.15, -0.1) is 0 Å². The predicted molar refractivity (Wildman–Crippen MR) is 87.2 cm³/mol. The molecule has 0 aliphatic heterocycles. The molecule has 0 atom stereocenters. The zero-order valence-electron chi connectivity index (χ0n) is 10.1. The monoisotopic (exact) mass is 369 g/mol. The minimum atomic E-state index is -0.302. The lowest BCUT2D eigenvalue weighted by atomic mass is 10.2. The van der Waals surface area contributed by atoms with E-state index in [9.17, 15) is 4.79 Å². The average molecular weight is 371 g/mol. The van der Waals surface area contributed by atoms with Gasteiger partial charge in [0.05, 0.1) is 16.3 Å². The molecule has 0 fully saturated rings. The van der Waals surface area contributed by atoms with E-state index in [4.69, 9.17) is 29.6 Å². The summed E-state index contributed by atoms with van der Waals surface area (Å²) >= 11 is 14.2. The van der Waals surface area contributed by atoms with Crippen molar-refractivity contribution in [2.24, 2.45) is 5.73 Å². The maximum absolute atomic E-state index is 12.1. The second-order valence-corrected chi connectivity index (χ2v) is 5.67. The van der Waals surface area contributed by atoms with Crippen LogP contribution in [-0.2, 0) is 0 Å². The number of carbonyl (C=O) groups is 1. The average Bonchev–Trinajstić information content (AvgIpc) is 2.40. The van der Waals surface area contributed by atoms with Gasteiger partial charge in [-0.3, -0.25) is 9.78 Å². The van der Waals surface area contributed by atoms with Gasteiger partial charge in [0.2, 0.25) is 0 Å². The van der Waals surface area contributed by atoms with Gasteiger partial charge in [-0.05, 0) is 40.2 Å². The number of hydrogen-bond acceptors (Lipinski definition) is 3. The fraction of sp³-hybridized carbons (Fsp3) is 0. The Morgan fingerprint density at radius 3 is 2.65 bits per heavy atom. The second-order valence-electron chi connectivity index (χ2n) is 3.90. The molecule has 0 aliphatic rings. The van der Waals surface area contributed by atoms with E-state index < -0.39 is 0 Å². The van der Waals surface area contributed by atoms with E-state index in [0.29, 0.717) is 21.8 Å². The van der Waals surface area contributed by atoms with Crippen molar-refractivity contribution < 1.29 is 4.79 Å². The first-order valence-corrected chi connectivity index (χ1v) is 7.06. The lowest BCUT2D eigenvalue weighted by Crippen LogP contribution is -2.13. The number of benzene rings is 1. The molecule has 0 unspecified atom stereocenters. The molecule has 1 heterocycles. The molecule has 0 spiro atoms. The number of nitrogens with one attached hydrogen (secondary N) is 1. The van der Waals surface area contributed by atoms with Crippen molar-refractivity contribution in [2.75, 3.05) is 5.32 Å². The van der Waals surface area contributed by atoms with Crippen LogP contribution >= 0.6 is 39.7 Å². The maximum Gasteiger partial charge on any atom is 0.257 e. The van der Waals surface area contributed by atoms with Crippen molar-refractivity contribution in [3.63, 3.8) is 0 Å². The van der Waals surface area contributed by atoms with E-state index in [1.165, 1.54) is 6.20 Å². The molecule has 2 rings (SSSR count). The molecule has 102 valence electrons. The van der Waals surface area contributed by atoms with Gasteiger partial charge in [-0.1, -0.05) is 23.8 Å². The van der Waals surface area contributed by atoms with Crippen LogP contribution in [0.15, 0.2) is 41.1 Å². The van der Waals surface area contributed by atoms with Crippen LogP contribution in [0.5, 0.6) is 0 Å². The summed E-state index contributed by atoms with van der Waals surface area (Å²) in [5, 5.41) is 3.07. The van der Waals surface area contributed by atoms with Crippen molar-refractivity contribution in [3.8, 4) is 0 Å². The lowest BCUT2D eigenvalue weighted by Gasteiger charge is -2.08. The summed E-state index contributed by atoms with van der Waals surface area (Å²) in [4.78, 5) is 16.2. The van der Waals surface area contributed by atoms with Gasteiger partial charge in [0.1, 0.15) is 4.99 Å². The van der Waals surface area contributed by atoms with Crippen LogP contribution in [0.1, 0.15) is 15.9 Å². The number of hydrogen-bond donors (Lipinski definition) is 2. The van der Waals surface area contributed by atoms with Crippen LogP contribution in [0.2, 0.25) is 5.02 Å². The SMILES string of the molecule is NC(=S)c1ccc(NC(=O)c2cncc(Br)c2)c(Cl)c1. The van der Waals surface area contributed by atoms with E-state index in [-0.39, 0.29) is 10.9 Å². The molecule has 0 aliphatic carbocycles. The third kappa shape index (κ3) is 3.53. The highest BCUT2D eigenvalue weighted by Gasteiger charge is 2.10. The zero-order chi connectivity index (χ0) is 14.7. The number of nitrogens with two attached hydrogens (primary N) is 1. The number of carbonyl (C=O) groups excluding carboxylic acids is 1. The largest absolute Gasteiger partial charge is 0.389 e. The first kappa shape index (κ1) is 14.9. The number of thiocarbonyl (C=S) groups is 1. The summed E-state index contributed by atoms with van der Waals surface area (Å²) in [5.41, 5.74) is 7.07. The highest BCUT2D eigenvalue weighted by atomic mass is 79.9. The molecular formula is C13H9BrClN3OS. The van der Waals surface area contributed by atoms with E-state index >= 15 is 0 Å². The number of halogens is 2. The summed E-state index contributed by atoms with van der Waals surface area (Å²) < 4.78 is 0.722. The summed E-state index contributed by atoms with van der Waals surface area (Å²) in [6.45, 7) is 0. The standard InChI is InChI=1S/C13H9BrClN3OS/c14-9-3-8(5-17-6-9)13(19)18-11-2-1-7(12(16)20)4-10(11)15/h1-6H,(H2,16,20)(H,18,19). The number of rotatable bonds is 3. The first-order chi connectivity index (χ1) is 9.47. The molecule has 1 aromatic heterocycles. The van der Waals surface area contributed by atoms with E-state index in [0.717, 1.165) is 4.47 Å².